The first-order valence-corrected chi connectivity index (χ1v) is 7.01. The van der Waals surface area contributed by atoms with Crippen molar-refractivity contribution in [3.63, 3.8) is 0 Å². The minimum atomic E-state index is 0. The molecule has 0 amide bonds. The lowest BCUT2D eigenvalue weighted by atomic mass is 10.2. The number of halogens is 1. The van der Waals surface area contributed by atoms with E-state index in [0.717, 1.165) is 41.7 Å². The standard InChI is InChI=1S/C12H19N3OS.HI/c1-9-7-11(10(2)16-9)8-14-12(13)15-3-5-17-6-4-15;/h7H,3-6,8H2,1-2H3,(H2,13,14);1H. The zero-order chi connectivity index (χ0) is 12.3. The van der Waals surface area contributed by atoms with Gasteiger partial charge >= 0.3 is 0 Å². The normalized spacial score (nSPS) is 16.6. The van der Waals surface area contributed by atoms with E-state index in [0.29, 0.717) is 12.5 Å². The number of aryl methyl sites for hydroxylation is 2. The molecule has 0 unspecified atom stereocenters. The van der Waals surface area contributed by atoms with Crippen LogP contribution in [0, 0.1) is 13.8 Å². The molecule has 1 aliphatic rings. The largest absolute Gasteiger partial charge is 0.466 e. The van der Waals surface area contributed by atoms with Crippen molar-refractivity contribution in [2.75, 3.05) is 24.6 Å². The molecular formula is C12H20IN3OS. The maximum atomic E-state index is 5.99. The first-order chi connectivity index (χ1) is 8.16. The number of thioether (sulfide) groups is 1. The van der Waals surface area contributed by atoms with E-state index < -0.39 is 0 Å². The second-order valence-electron chi connectivity index (χ2n) is 4.21. The minimum Gasteiger partial charge on any atom is -0.466 e. The van der Waals surface area contributed by atoms with Gasteiger partial charge in [0.2, 0.25) is 0 Å². The topological polar surface area (TPSA) is 54.8 Å². The maximum absolute atomic E-state index is 5.99. The van der Waals surface area contributed by atoms with Gasteiger partial charge in [0.1, 0.15) is 11.5 Å². The van der Waals surface area contributed by atoms with E-state index in [2.05, 4.69) is 9.89 Å². The predicted molar refractivity (Wildman–Crippen MR) is 87.8 cm³/mol. The highest BCUT2D eigenvalue weighted by molar-refractivity contribution is 14.0. The molecule has 0 bridgehead atoms. The Bertz CT molecular complexity index is 413. The average molecular weight is 381 g/mol. The van der Waals surface area contributed by atoms with Crippen LogP contribution in [0.5, 0.6) is 0 Å². The van der Waals surface area contributed by atoms with Crippen LogP contribution in [-0.4, -0.2) is 35.5 Å². The molecule has 0 saturated carbocycles. The lowest BCUT2D eigenvalue weighted by Gasteiger charge is -2.27. The Balaban J connectivity index is 0.00000162. The van der Waals surface area contributed by atoms with Crippen LogP contribution in [0.15, 0.2) is 15.5 Å². The van der Waals surface area contributed by atoms with Gasteiger partial charge in [0.05, 0.1) is 6.54 Å². The second kappa shape index (κ2) is 7.28. The van der Waals surface area contributed by atoms with E-state index in [4.69, 9.17) is 10.2 Å². The molecular weight excluding hydrogens is 361 g/mol. The molecule has 1 aromatic heterocycles. The van der Waals surface area contributed by atoms with E-state index in [-0.39, 0.29) is 24.0 Å². The van der Waals surface area contributed by atoms with E-state index in [1.165, 1.54) is 0 Å². The van der Waals surface area contributed by atoms with Gasteiger partial charge in [-0.05, 0) is 19.9 Å². The second-order valence-corrected chi connectivity index (χ2v) is 5.44. The van der Waals surface area contributed by atoms with E-state index in [1.54, 1.807) is 0 Å². The Labute approximate surface area is 129 Å². The Kier molecular flexibility index (Phi) is 6.34. The van der Waals surface area contributed by atoms with E-state index in [1.807, 2.05) is 31.7 Å². The number of hydrogen-bond donors (Lipinski definition) is 1. The van der Waals surface area contributed by atoms with Crippen LogP contribution >= 0.6 is 35.7 Å². The molecule has 0 aliphatic carbocycles. The summed E-state index contributed by atoms with van der Waals surface area (Å²) in [6.45, 7) is 6.53. The Morgan fingerprint density at radius 2 is 2.11 bits per heavy atom. The van der Waals surface area contributed by atoms with Crippen molar-refractivity contribution in [1.29, 1.82) is 0 Å². The highest BCUT2D eigenvalue weighted by atomic mass is 127. The molecule has 0 spiro atoms. The van der Waals surface area contributed by atoms with Crippen molar-refractivity contribution >= 4 is 41.7 Å². The lowest BCUT2D eigenvalue weighted by Crippen LogP contribution is -2.42. The minimum absolute atomic E-state index is 0. The third kappa shape index (κ3) is 4.08. The molecule has 0 radical (unpaired) electrons. The van der Waals surface area contributed by atoms with Gasteiger partial charge in [-0.2, -0.15) is 11.8 Å². The van der Waals surface area contributed by atoms with Crippen molar-refractivity contribution in [1.82, 2.24) is 4.90 Å². The molecule has 1 aromatic rings. The van der Waals surface area contributed by atoms with Crippen molar-refractivity contribution in [2.45, 2.75) is 20.4 Å². The summed E-state index contributed by atoms with van der Waals surface area (Å²) in [4.78, 5) is 6.59. The Hall–Kier alpha value is -0.370. The third-order valence-electron chi connectivity index (χ3n) is 2.89. The SMILES string of the molecule is Cc1cc(CN=C(N)N2CCSCC2)c(C)o1.I. The quantitative estimate of drug-likeness (QED) is 0.486. The first-order valence-electron chi connectivity index (χ1n) is 5.85. The maximum Gasteiger partial charge on any atom is 0.191 e. The number of nitrogens with two attached hydrogens (primary N) is 1. The fourth-order valence-electron chi connectivity index (χ4n) is 1.90. The number of rotatable bonds is 2. The molecule has 1 aliphatic heterocycles. The summed E-state index contributed by atoms with van der Waals surface area (Å²) in [6.07, 6.45) is 0. The summed E-state index contributed by atoms with van der Waals surface area (Å²) >= 11 is 1.97. The molecule has 0 aromatic carbocycles. The molecule has 6 heteroatoms. The lowest BCUT2D eigenvalue weighted by molar-refractivity contribution is 0.455. The average Bonchev–Trinajstić information content (AvgIpc) is 2.66. The molecule has 2 rings (SSSR count). The summed E-state index contributed by atoms with van der Waals surface area (Å²) in [6, 6.07) is 2.03. The Morgan fingerprint density at radius 3 is 2.67 bits per heavy atom. The van der Waals surface area contributed by atoms with Gasteiger partial charge in [-0.1, -0.05) is 0 Å². The smallest absolute Gasteiger partial charge is 0.191 e. The molecule has 18 heavy (non-hydrogen) atoms. The van der Waals surface area contributed by atoms with Crippen molar-refractivity contribution in [3.05, 3.63) is 23.2 Å². The van der Waals surface area contributed by atoms with Crippen LogP contribution in [0.4, 0.5) is 0 Å². The first kappa shape index (κ1) is 15.7. The van der Waals surface area contributed by atoms with Crippen LogP contribution in [-0.2, 0) is 6.54 Å². The van der Waals surface area contributed by atoms with Gasteiger partial charge in [-0.3, -0.25) is 0 Å². The summed E-state index contributed by atoms with van der Waals surface area (Å²) < 4.78 is 5.47. The van der Waals surface area contributed by atoms with Gasteiger partial charge in [0, 0.05) is 30.2 Å². The van der Waals surface area contributed by atoms with Gasteiger partial charge < -0.3 is 15.1 Å². The number of hydrogen-bond acceptors (Lipinski definition) is 3. The summed E-state index contributed by atoms with van der Waals surface area (Å²) in [5.74, 6) is 4.80. The zero-order valence-corrected chi connectivity index (χ0v) is 14.0. The van der Waals surface area contributed by atoms with Crippen LogP contribution in [0.25, 0.3) is 0 Å². The number of furan rings is 1. The molecule has 1 saturated heterocycles. The fraction of sp³-hybridized carbons (Fsp3) is 0.583. The van der Waals surface area contributed by atoms with Crippen molar-refractivity contribution in [2.24, 2.45) is 10.7 Å². The molecule has 4 nitrogen and oxygen atoms in total. The molecule has 2 N–H and O–H groups in total. The number of nitrogens with zero attached hydrogens (tertiary/aromatic N) is 2. The number of aliphatic imine (C=N–C) groups is 1. The van der Waals surface area contributed by atoms with Gasteiger partial charge in [-0.25, -0.2) is 4.99 Å². The highest BCUT2D eigenvalue weighted by Crippen LogP contribution is 2.15. The van der Waals surface area contributed by atoms with Crippen LogP contribution in [0.2, 0.25) is 0 Å². The Morgan fingerprint density at radius 1 is 1.44 bits per heavy atom. The van der Waals surface area contributed by atoms with E-state index in [9.17, 15) is 0 Å². The monoisotopic (exact) mass is 381 g/mol. The van der Waals surface area contributed by atoms with Crippen LogP contribution in [0.1, 0.15) is 17.1 Å². The number of guanidine groups is 1. The zero-order valence-electron chi connectivity index (χ0n) is 10.8. The molecule has 1 fully saturated rings. The predicted octanol–water partition coefficient (Wildman–Crippen LogP) is 2.38. The summed E-state index contributed by atoms with van der Waals surface area (Å²) in [7, 11) is 0. The summed E-state index contributed by atoms with van der Waals surface area (Å²) in [5.41, 5.74) is 7.11. The summed E-state index contributed by atoms with van der Waals surface area (Å²) in [5, 5.41) is 0. The van der Waals surface area contributed by atoms with Crippen molar-refractivity contribution < 1.29 is 4.42 Å². The van der Waals surface area contributed by atoms with Crippen LogP contribution in [0.3, 0.4) is 0 Å². The van der Waals surface area contributed by atoms with Crippen LogP contribution < -0.4 is 5.73 Å². The van der Waals surface area contributed by atoms with E-state index >= 15 is 0 Å². The van der Waals surface area contributed by atoms with Gasteiger partial charge in [-0.15, -0.1) is 24.0 Å². The van der Waals surface area contributed by atoms with Gasteiger partial charge in [0.15, 0.2) is 5.96 Å². The third-order valence-corrected chi connectivity index (χ3v) is 3.83. The van der Waals surface area contributed by atoms with Crippen molar-refractivity contribution in [3.8, 4) is 0 Å². The van der Waals surface area contributed by atoms with Gasteiger partial charge in [0.25, 0.3) is 0 Å². The molecule has 102 valence electrons. The highest BCUT2D eigenvalue weighted by Gasteiger charge is 2.12. The molecule has 0 atom stereocenters. The molecule has 2 heterocycles. The fourth-order valence-corrected chi connectivity index (χ4v) is 2.80.